The van der Waals surface area contributed by atoms with Crippen LogP contribution in [0.4, 0.5) is 16.0 Å². The molecule has 2 amide bonds. The van der Waals surface area contributed by atoms with E-state index in [0.717, 1.165) is 24.1 Å². The van der Waals surface area contributed by atoms with E-state index in [1.807, 2.05) is 28.8 Å². The zero-order valence-electron chi connectivity index (χ0n) is 17.5. The molecule has 2 aliphatic heterocycles. The van der Waals surface area contributed by atoms with Crippen LogP contribution in [0.25, 0.3) is 11.0 Å². The van der Waals surface area contributed by atoms with E-state index in [2.05, 4.69) is 10.2 Å². The number of anilines is 2. The fourth-order valence-electron chi connectivity index (χ4n) is 4.29. The van der Waals surface area contributed by atoms with E-state index >= 15 is 0 Å². The van der Waals surface area contributed by atoms with Crippen LogP contribution >= 0.6 is 0 Å². The largest absolute Gasteiger partial charge is 0.379 e. The summed E-state index contributed by atoms with van der Waals surface area (Å²) in [5.41, 5.74) is 2.10. The van der Waals surface area contributed by atoms with Crippen molar-refractivity contribution >= 4 is 34.5 Å². The standard InChI is InChI=1S/C23H24FN5O3/c24-16-5-7-17(8-6-16)25-21(30)15-20-22(31)28(10-9-27-11-13-32-14-12-27)23-26-18-3-1-2-4-19(18)29(20)23/h1-8,20H,9-15H2,(H,25,30)/t20-/m0/s1. The molecule has 2 aliphatic rings. The maximum atomic E-state index is 13.4. The van der Waals surface area contributed by atoms with Crippen LogP contribution in [0.3, 0.4) is 0 Å². The number of morpholine rings is 1. The highest BCUT2D eigenvalue weighted by molar-refractivity contribution is 6.05. The van der Waals surface area contributed by atoms with Crippen molar-refractivity contribution in [1.29, 1.82) is 0 Å². The summed E-state index contributed by atoms with van der Waals surface area (Å²) in [5.74, 6) is -0.252. The van der Waals surface area contributed by atoms with Gasteiger partial charge in [0.2, 0.25) is 11.9 Å². The molecule has 9 heteroatoms. The van der Waals surface area contributed by atoms with Gasteiger partial charge in [-0.15, -0.1) is 0 Å². The maximum Gasteiger partial charge on any atom is 0.253 e. The number of ether oxygens (including phenoxy) is 1. The van der Waals surface area contributed by atoms with Gasteiger partial charge in [0.1, 0.15) is 11.9 Å². The molecule has 1 N–H and O–H groups in total. The molecule has 0 unspecified atom stereocenters. The lowest BCUT2D eigenvalue weighted by Gasteiger charge is -2.28. The Balaban J connectivity index is 1.38. The summed E-state index contributed by atoms with van der Waals surface area (Å²) >= 11 is 0. The number of nitrogens with zero attached hydrogens (tertiary/aromatic N) is 4. The molecule has 166 valence electrons. The molecule has 32 heavy (non-hydrogen) atoms. The van der Waals surface area contributed by atoms with Gasteiger partial charge in [-0.05, 0) is 36.4 Å². The third-order valence-electron chi connectivity index (χ3n) is 5.93. The molecule has 8 nitrogen and oxygen atoms in total. The summed E-state index contributed by atoms with van der Waals surface area (Å²) in [6.07, 6.45) is -0.0301. The highest BCUT2D eigenvalue weighted by Crippen LogP contribution is 2.36. The zero-order chi connectivity index (χ0) is 22.1. The first-order valence-corrected chi connectivity index (χ1v) is 10.7. The van der Waals surface area contributed by atoms with Gasteiger partial charge in [-0.1, -0.05) is 12.1 Å². The van der Waals surface area contributed by atoms with E-state index in [9.17, 15) is 14.0 Å². The fourth-order valence-corrected chi connectivity index (χ4v) is 4.29. The van der Waals surface area contributed by atoms with Gasteiger partial charge in [0, 0.05) is 31.9 Å². The first-order valence-electron chi connectivity index (χ1n) is 10.7. The van der Waals surface area contributed by atoms with Crippen LogP contribution in [0.1, 0.15) is 12.5 Å². The molecule has 0 spiro atoms. The van der Waals surface area contributed by atoms with Gasteiger partial charge in [0.25, 0.3) is 5.91 Å². The van der Waals surface area contributed by atoms with E-state index < -0.39 is 6.04 Å². The second-order valence-electron chi connectivity index (χ2n) is 7.99. The second kappa shape index (κ2) is 8.68. The van der Waals surface area contributed by atoms with Crippen molar-refractivity contribution in [2.24, 2.45) is 0 Å². The smallest absolute Gasteiger partial charge is 0.253 e. The molecule has 2 aromatic carbocycles. The summed E-state index contributed by atoms with van der Waals surface area (Å²) in [6, 6.07) is 12.5. The Kier molecular flexibility index (Phi) is 5.59. The van der Waals surface area contributed by atoms with Crippen LogP contribution in [-0.4, -0.2) is 65.7 Å². The van der Waals surface area contributed by atoms with Gasteiger partial charge in [-0.2, -0.15) is 0 Å². The number of carbonyl (C=O) groups excluding carboxylic acids is 2. The lowest BCUT2D eigenvalue weighted by molar-refractivity contribution is -0.124. The Bertz CT molecular complexity index is 1140. The van der Waals surface area contributed by atoms with Gasteiger partial charge in [-0.25, -0.2) is 9.37 Å². The minimum absolute atomic E-state index is 0.0301. The van der Waals surface area contributed by atoms with Gasteiger partial charge >= 0.3 is 0 Å². The zero-order valence-corrected chi connectivity index (χ0v) is 17.5. The molecule has 1 saturated heterocycles. The number of hydrogen-bond acceptors (Lipinski definition) is 5. The number of amides is 2. The molecule has 0 bridgehead atoms. The third-order valence-corrected chi connectivity index (χ3v) is 5.93. The van der Waals surface area contributed by atoms with E-state index in [1.54, 1.807) is 4.90 Å². The normalized spacial score (nSPS) is 18.8. The Morgan fingerprint density at radius 3 is 2.62 bits per heavy atom. The fraction of sp³-hybridized carbons (Fsp3) is 0.348. The molecule has 1 atom stereocenters. The summed E-state index contributed by atoms with van der Waals surface area (Å²) in [6.45, 7) is 4.27. The van der Waals surface area contributed by atoms with Crippen LogP contribution in [-0.2, 0) is 14.3 Å². The summed E-state index contributed by atoms with van der Waals surface area (Å²) in [7, 11) is 0. The number of aromatic nitrogens is 2. The minimum atomic E-state index is -0.678. The van der Waals surface area contributed by atoms with Crippen molar-refractivity contribution < 1.29 is 18.7 Å². The topological polar surface area (TPSA) is 79.7 Å². The van der Waals surface area contributed by atoms with Crippen LogP contribution in [0.5, 0.6) is 0 Å². The van der Waals surface area contributed by atoms with Gasteiger partial charge < -0.3 is 10.1 Å². The van der Waals surface area contributed by atoms with E-state index in [4.69, 9.17) is 9.72 Å². The van der Waals surface area contributed by atoms with Gasteiger partial charge in [0.15, 0.2) is 0 Å². The monoisotopic (exact) mass is 437 g/mol. The van der Waals surface area contributed by atoms with Gasteiger partial charge in [-0.3, -0.25) is 24.0 Å². The number of fused-ring (bicyclic) bond motifs is 3. The molecule has 0 saturated carbocycles. The second-order valence-corrected chi connectivity index (χ2v) is 7.99. The summed E-state index contributed by atoms with van der Waals surface area (Å²) in [4.78, 5) is 34.8. The summed E-state index contributed by atoms with van der Waals surface area (Å²) < 4.78 is 20.4. The quantitative estimate of drug-likeness (QED) is 0.641. The SMILES string of the molecule is O=C(C[C@H]1C(=O)N(CCN2CCOCC2)c2nc3ccccc3n21)Nc1ccc(F)cc1. The van der Waals surface area contributed by atoms with Crippen LogP contribution < -0.4 is 10.2 Å². The molecule has 0 aliphatic carbocycles. The maximum absolute atomic E-state index is 13.4. The molecule has 1 aromatic heterocycles. The highest BCUT2D eigenvalue weighted by atomic mass is 19.1. The number of carbonyl (C=O) groups is 2. The number of nitrogens with one attached hydrogen (secondary N) is 1. The van der Waals surface area contributed by atoms with Crippen molar-refractivity contribution in [2.75, 3.05) is 49.6 Å². The van der Waals surface area contributed by atoms with Crippen molar-refractivity contribution in [3.63, 3.8) is 0 Å². The van der Waals surface area contributed by atoms with Crippen molar-refractivity contribution in [3.8, 4) is 0 Å². The highest BCUT2D eigenvalue weighted by Gasteiger charge is 2.40. The molecule has 0 radical (unpaired) electrons. The number of para-hydroxylation sites is 2. The van der Waals surface area contributed by atoms with Crippen molar-refractivity contribution in [3.05, 3.63) is 54.3 Å². The number of rotatable bonds is 6. The number of benzene rings is 2. The van der Waals surface area contributed by atoms with E-state index in [0.29, 0.717) is 37.9 Å². The van der Waals surface area contributed by atoms with Crippen molar-refractivity contribution in [1.82, 2.24) is 14.5 Å². The van der Waals surface area contributed by atoms with E-state index in [-0.39, 0.29) is 24.1 Å². The predicted molar refractivity (Wildman–Crippen MR) is 118 cm³/mol. The average Bonchev–Trinajstić information content (AvgIpc) is 3.29. The first-order chi connectivity index (χ1) is 15.6. The third kappa shape index (κ3) is 3.96. The Hall–Kier alpha value is -3.30. The van der Waals surface area contributed by atoms with E-state index in [1.165, 1.54) is 24.3 Å². The number of imidazole rings is 1. The Labute approximate surface area is 184 Å². The lowest BCUT2D eigenvalue weighted by atomic mass is 10.1. The Morgan fingerprint density at radius 1 is 1.09 bits per heavy atom. The predicted octanol–water partition coefficient (Wildman–Crippen LogP) is 2.42. The van der Waals surface area contributed by atoms with Crippen LogP contribution in [0, 0.1) is 5.82 Å². The van der Waals surface area contributed by atoms with Crippen LogP contribution in [0.2, 0.25) is 0 Å². The number of halogens is 1. The molecule has 3 aromatic rings. The average molecular weight is 437 g/mol. The molecular formula is C23H24FN5O3. The van der Waals surface area contributed by atoms with Crippen molar-refractivity contribution in [2.45, 2.75) is 12.5 Å². The van der Waals surface area contributed by atoms with Crippen LogP contribution in [0.15, 0.2) is 48.5 Å². The molecule has 5 rings (SSSR count). The minimum Gasteiger partial charge on any atom is -0.379 e. The first kappa shape index (κ1) is 20.6. The Morgan fingerprint density at radius 2 is 1.84 bits per heavy atom. The lowest BCUT2D eigenvalue weighted by Crippen LogP contribution is -2.42. The molecular weight excluding hydrogens is 413 g/mol. The molecule has 3 heterocycles. The van der Waals surface area contributed by atoms with Gasteiger partial charge in [0.05, 0.1) is 30.7 Å². The molecule has 1 fully saturated rings. The number of hydrogen-bond donors (Lipinski definition) is 1. The summed E-state index contributed by atoms with van der Waals surface area (Å²) in [5, 5.41) is 2.75.